The number of rotatable bonds is 11. The van der Waals surface area contributed by atoms with Crippen LogP contribution in [0.15, 0.2) is 48.5 Å². The molecule has 214 valence electrons. The van der Waals surface area contributed by atoms with Crippen LogP contribution in [0.2, 0.25) is 0 Å². The molecule has 2 aromatic rings. The first-order valence-corrected chi connectivity index (χ1v) is 13.4. The summed E-state index contributed by atoms with van der Waals surface area (Å²) < 4.78 is 16.4. The molecule has 3 N–H and O–H groups in total. The third kappa shape index (κ3) is 8.82. The van der Waals surface area contributed by atoms with Crippen molar-refractivity contribution in [3.8, 4) is 11.5 Å². The van der Waals surface area contributed by atoms with Crippen molar-refractivity contribution in [3.05, 3.63) is 59.7 Å². The molecule has 0 bridgehead atoms. The Balaban J connectivity index is 1.57. The second-order valence-electron chi connectivity index (χ2n) is 10.2. The highest BCUT2D eigenvalue weighted by molar-refractivity contribution is 8.15. The zero-order chi connectivity index (χ0) is 29.5. The first-order valence-electron chi connectivity index (χ1n) is 12.5. The fraction of sp³-hybridized carbons (Fsp3) is 0.393. The van der Waals surface area contributed by atoms with Crippen molar-refractivity contribution >= 4 is 41.2 Å². The monoisotopic (exact) mass is 571 g/mol. The molecule has 3 unspecified atom stereocenters. The average molecular weight is 572 g/mol. The minimum atomic E-state index is -1.65. The summed E-state index contributed by atoms with van der Waals surface area (Å²) in [6.07, 6.45) is 0.205. The smallest absolute Gasteiger partial charge is 0.408 e. The van der Waals surface area contributed by atoms with Gasteiger partial charge in [0.2, 0.25) is 17.5 Å². The Morgan fingerprint density at radius 3 is 2.08 bits per heavy atom. The van der Waals surface area contributed by atoms with Gasteiger partial charge in [0.25, 0.3) is 5.24 Å². The third-order valence-electron chi connectivity index (χ3n) is 5.75. The number of imide groups is 1. The van der Waals surface area contributed by atoms with E-state index in [4.69, 9.17) is 14.2 Å². The molecule has 0 saturated carbocycles. The van der Waals surface area contributed by atoms with Crippen LogP contribution in [0.3, 0.4) is 0 Å². The van der Waals surface area contributed by atoms with E-state index in [-0.39, 0.29) is 17.6 Å². The summed E-state index contributed by atoms with van der Waals surface area (Å²) in [5.74, 6) is 0.214. The van der Waals surface area contributed by atoms with E-state index in [0.29, 0.717) is 29.8 Å². The number of benzene rings is 2. The van der Waals surface area contributed by atoms with Gasteiger partial charge in [-0.3, -0.25) is 24.5 Å². The van der Waals surface area contributed by atoms with Gasteiger partial charge in [0, 0.05) is 13.5 Å². The summed E-state index contributed by atoms with van der Waals surface area (Å²) in [6, 6.07) is 13.1. The first-order chi connectivity index (χ1) is 18.8. The molecule has 4 amide bonds. The number of hydrogen-bond acceptors (Lipinski definition) is 9. The van der Waals surface area contributed by atoms with Gasteiger partial charge >= 0.3 is 6.09 Å². The van der Waals surface area contributed by atoms with Gasteiger partial charge in [-0.25, -0.2) is 4.79 Å². The molecular formula is C28H33N3O8S. The van der Waals surface area contributed by atoms with Crippen LogP contribution in [0.1, 0.15) is 38.8 Å². The van der Waals surface area contributed by atoms with Crippen molar-refractivity contribution in [2.75, 3.05) is 7.11 Å². The molecular weight excluding hydrogens is 538 g/mol. The molecule has 0 aromatic heterocycles. The highest BCUT2D eigenvalue weighted by atomic mass is 32.2. The number of amides is 4. The van der Waals surface area contributed by atoms with Crippen LogP contribution >= 0.6 is 11.8 Å². The summed E-state index contributed by atoms with van der Waals surface area (Å²) in [7, 11) is 1.30. The van der Waals surface area contributed by atoms with Gasteiger partial charge in [0.05, 0.1) is 5.25 Å². The molecule has 0 aliphatic carbocycles. The molecule has 1 saturated heterocycles. The molecule has 0 spiro atoms. The highest BCUT2D eigenvalue weighted by Gasteiger charge is 2.34. The Bertz CT molecular complexity index is 1240. The maximum atomic E-state index is 12.7. The van der Waals surface area contributed by atoms with Crippen molar-refractivity contribution in [2.24, 2.45) is 0 Å². The molecule has 0 radical (unpaired) electrons. The van der Waals surface area contributed by atoms with Crippen molar-refractivity contribution < 1.29 is 38.2 Å². The number of ether oxygens (including phenoxy) is 3. The molecule has 3 atom stereocenters. The van der Waals surface area contributed by atoms with Crippen LogP contribution in [0.4, 0.5) is 9.59 Å². The number of nitrogens with one attached hydrogen (secondary N) is 3. The Hall–Kier alpha value is -3.90. The van der Waals surface area contributed by atoms with Gasteiger partial charge in [-0.1, -0.05) is 36.0 Å². The topological polar surface area (TPSA) is 149 Å². The van der Waals surface area contributed by atoms with E-state index in [9.17, 15) is 24.0 Å². The number of aldehydes is 1. The fourth-order valence-corrected chi connectivity index (χ4v) is 4.56. The molecule has 3 rings (SSSR count). The fourth-order valence-electron chi connectivity index (χ4n) is 3.70. The summed E-state index contributed by atoms with van der Waals surface area (Å²) in [4.78, 5) is 59.8. The van der Waals surface area contributed by atoms with Crippen LogP contribution in [-0.4, -0.2) is 59.2 Å². The quantitative estimate of drug-likeness (QED) is 0.272. The van der Waals surface area contributed by atoms with E-state index in [0.717, 1.165) is 17.3 Å². The van der Waals surface area contributed by atoms with E-state index in [1.807, 2.05) is 12.1 Å². The van der Waals surface area contributed by atoms with Crippen LogP contribution in [0.5, 0.6) is 11.5 Å². The standard InChI is InChI=1S/C28H33N3O8S/c1-17(29-25(35)39-27(2,3)4)23(33)31-28(16-32,37-5)15-19-8-12-21(13-9-19)38-20-10-6-18(7-11-20)14-22-24(34)30-26(36)40-22/h6-13,16-17,22H,14-15H2,1-5H3,(H,29,35)(H,31,33)(H,30,34,36). The summed E-state index contributed by atoms with van der Waals surface area (Å²) in [5, 5.41) is 6.50. The largest absolute Gasteiger partial charge is 0.457 e. The van der Waals surface area contributed by atoms with Crippen molar-refractivity contribution in [3.63, 3.8) is 0 Å². The lowest BCUT2D eigenvalue weighted by Crippen LogP contribution is -2.58. The van der Waals surface area contributed by atoms with Gasteiger partial charge < -0.3 is 24.8 Å². The van der Waals surface area contributed by atoms with Crippen LogP contribution < -0.4 is 20.7 Å². The molecule has 1 aliphatic rings. The zero-order valence-corrected chi connectivity index (χ0v) is 23.8. The van der Waals surface area contributed by atoms with Gasteiger partial charge in [-0.2, -0.15) is 0 Å². The van der Waals surface area contributed by atoms with Crippen LogP contribution in [0, 0.1) is 0 Å². The van der Waals surface area contributed by atoms with Gasteiger partial charge in [-0.15, -0.1) is 0 Å². The number of hydrogen-bond donors (Lipinski definition) is 3. The second-order valence-corrected chi connectivity index (χ2v) is 11.4. The lowest BCUT2D eigenvalue weighted by Gasteiger charge is -2.29. The van der Waals surface area contributed by atoms with Crippen LogP contribution in [0.25, 0.3) is 0 Å². The number of thioether (sulfide) groups is 1. The van der Waals surface area contributed by atoms with E-state index in [1.54, 1.807) is 57.2 Å². The lowest BCUT2D eigenvalue weighted by molar-refractivity contribution is -0.143. The summed E-state index contributed by atoms with van der Waals surface area (Å²) >= 11 is 0.985. The van der Waals surface area contributed by atoms with E-state index >= 15 is 0 Å². The lowest BCUT2D eigenvalue weighted by atomic mass is 10.0. The van der Waals surface area contributed by atoms with Gasteiger partial charge in [0.1, 0.15) is 23.1 Å². The molecule has 1 aliphatic heterocycles. The highest BCUT2D eigenvalue weighted by Crippen LogP contribution is 2.26. The molecule has 12 heteroatoms. The predicted molar refractivity (Wildman–Crippen MR) is 148 cm³/mol. The Labute approximate surface area is 236 Å². The number of carbonyl (C=O) groups is 5. The van der Waals surface area contributed by atoms with E-state index in [2.05, 4.69) is 16.0 Å². The normalized spacial score (nSPS) is 17.3. The minimum Gasteiger partial charge on any atom is -0.457 e. The molecule has 11 nitrogen and oxygen atoms in total. The Kier molecular flexibility index (Phi) is 9.93. The molecule has 1 heterocycles. The summed E-state index contributed by atoms with van der Waals surface area (Å²) in [6.45, 7) is 6.58. The van der Waals surface area contributed by atoms with E-state index < -0.39 is 34.6 Å². The average Bonchev–Trinajstić information content (AvgIpc) is 3.20. The van der Waals surface area contributed by atoms with Crippen molar-refractivity contribution in [2.45, 2.75) is 63.2 Å². The molecule has 1 fully saturated rings. The molecule has 2 aromatic carbocycles. The number of alkyl carbamates (subject to hydrolysis) is 1. The number of methoxy groups -OCH3 is 1. The van der Waals surface area contributed by atoms with Gasteiger partial charge in [0.15, 0.2) is 6.29 Å². The Morgan fingerprint density at radius 2 is 1.60 bits per heavy atom. The predicted octanol–water partition coefficient (Wildman–Crippen LogP) is 3.49. The van der Waals surface area contributed by atoms with Crippen molar-refractivity contribution in [1.29, 1.82) is 0 Å². The number of carbonyl (C=O) groups excluding carboxylic acids is 5. The maximum Gasteiger partial charge on any atom is 0.408 e. The Morgan fingerprint density at radius 1 is 1.02 bits per heavy atom. The van der Waals surface area contributed by atoms with Crippen LogP contribution in [-0.2, 0) is 36.7 Å². The maximum absolute atomic E-state index is 12.7. The molecule has 40 heavy (non-hydrogen) atoms. The summed E-state index contributed by atoms with van der Waals surface area (Å²) in [5.41, 5.74) is -0.799. The zero-order valence-electron chi connectivity index (χ0n) is 22.9. The third-order valence-corrected chi connectivity index (χ3v) is 6.73. The van der Waals surface area contributed by atoms with Crippen molar-refractivity contribution in [1.82, 2.24) is 16.0 Å². The van der Waals surface area contributed by atoms with Gasteiger partial charge in [-0.05, 0) is 69.5 Å². The van der Waals surface area contributed by atoms with E-state index in [1.165, 1.54) is 14.0 Å². The second kappa shape index (κ2) is 13.0. The SMILES string of the molecule is COC(C=O)(Cc1ccc(Oc2ccc(CC3SC(=O)NC3=O)cc2)cc1)NC(=O)C(C)NC(=O)OC(C)(C)C. The first kappa shape index (κ1) is 30.6. The minimum absolute atomic E-state index is 0.0299.